The van der Waals surface area contributed by atoms with Gasteiger partial charge in [0.1, 0.15) is 0 Å². The van der Waals surface area contributed by atoms with Crippen LogP contribution in [0.25, 0.3) is 6.08 Å². The lowest BCUT2D eigenvalue weighted by Crippen LogP contribution is -2.34. The first-order valence-corrected chi connectivity index (χ1v) is 7.47. The van der Waals surface area contributed by atoms with E-state index >= 15 is 0 Å². The topological polar surface area (TPSA) is 79.5 Å². The van der Waals surface area contributed by atoms with Crippen LogP contribution in [0.5, 0.6) is 0 Å². The van der Waals surface area contributed by atoms with E-state index in [1.807, 2.05) is 37.3 Å². The highest BCUT2D eigenvalue weighted by Gasteiger charge is 2.06. The van der Waals surface area contributed by atoms with Crippen LogP contribution in [0.3, 0.4) is 0 Å². The van der Waals surface area contributed by atoms with E-state index in [9.17, 15) is 4.79 Å². The Bertz CT molecular complexity index is 630. The third-order valence-electron chi connectivity index (χ3n) is 3.26. The van der Waals surface area contributed by atoms with Crippen LogP contribution >= 0.6 is 0 Å². The van der Waals surface area contributed by atoms with Crippen LogP contribution in [0.4, 0.5) is 10.5 Å². The molecule has 130 valence electrons. The molecule has 0 aliphatic carbocycles. The number of urea groups is 1. The lowest BCUT2D eigenvalue weighted by atomic mass is 10.0. The summed E-state index contributed by atoms with van der Waals surface area (Å²) in [6.07, 6.45) is 11.4. The van der Waals surface area contributed by atoms with Gasteiger partial charge in [-0.15, -0.1) is 0 Å². The minimum atomic E-state index is -0.439. The van der Waals surface area contributed by atoms with E-state index < -0.39 is 6.03 Å². The van der Waals surface area contributed by atoms with E-state index in [1.54, 1.807) is 6.20 Å². The monoisotopic (exact) mass is 328 g/mol. The van der Waals surface area contributed by atoms with Crippen molar-refractivity contribution >= 4 is 24.5 Å². The maximum absolute atomic E-state index is 11.5. The molecule has 0 radical (unpaired) electrons. The highest BCUT2D eigenvalue weighted by atomic mass is 16.2. The first kappa shape index (κ1) is 21.3. The van der Waals surface area contributed by atoms with E-state index in [0.717, 1.165) is 35.2 Å². The Morgan fingerprint density at radius 1 is 1.42 bits per heavy atom. The molecule has 0 saturated carbocycles. The summed E-state index contributed by atoms with van der Waals surface area (Å²) in [4.78, 5) is 15.1. The third kappa shape index (κ3) is 7.07. The number of nitrogens with zero attached hydrogens (tertiary/aromatic N) is 1. The molecular weight excluding hydrogens is 300 g/mol. The Morgan fingerprint density at radius 3 is 2.79 bits per heavy atom. The van der Waals surface area contributed by atoms with Crippen molar-refractivity contribution in [2.45, 2.75) is 34.1 Å². The van der Waals surface area contributed by atoms with Crippen molar-refractivity contribution < 1.29 is 4.79 Å². The summed E-state index contributed by atoms with van der Waals surface area (Å²) in [6, 6.07) is 5.38. The molecule has 1 aromatic carbocycles. The number of hydrazine groups is 1. The number of amides is 2. The molecular formula is C19H28N4O. The van der Waals surface area contributed by atoms with Gasteiger partial charge in [-0.25, -0.2) is 10.6 Å². The molecule has 1 rings (SSSR count). The average molecular weight is 328 g/mol. The molecule has 4 N–H and O–H groups in total. The number of allylic oxidation sites excluding steroid dienone is 4. The van der Waals surface area contributed by atoms with Crippen molar-refractivity contribution in [2.24, 2.45) is 10.8 Å². The second-order valence-corrected chi connectivity index (χ2v) is 4.91. The summed E-state index contributed by atoms with van der Waals surface area (Å²) >= 11 is 0. The molecule has 0 bridgehead atoms. The van der Waals surface area contributed by atoms with Crippen LogP contribution in [0.2, 0.25) is 0 Å². The fraction of sp³-hybridized carbons (Fsp3) is 0.263. The van der Waals surface area contributed by atoms with Gasteiger partial charge in [0.15, 0.2) is 0 Å². The van der Waals surface area contributed by atoms with Gasteiger partial charge in [0.2, 0.25) is 0 Å². The number of carbonyl (C=O) groups excluding carboxylic acids is 1. The van der Waals surface area contributed by atoms with Crippen LogP contribution in [-0.4, -0.2) is 12.7 Å². The second kappa shape index (κ2) is 11.8. The van der Waals surface area contributed by atoms with E-state index in [4.69, 9.17) is 5.84 Å². The van der Waals surface area contributed by atoms with Crippen molar-refractivity contribution in [3.05, 3.63) is 59.3 Å². The predicted octanol–water partition coefficient (Wildman–Crippen LogP) is 4.44. The van der Waals surface area contributed by atoms with Crippen LogP contribution in [0.15, 0.2) is 53.2 Å². The van der Waals surface area contributed by atoms with Gasteiger partial charge in [0, 0.05) is 17.5 Å². The predicted molar refractivity (Wildman–Crippen MR) is 105 cm³/mol. The van der Waals surface area contributed by atoms with Crippen molar-refractivity contribution in [1.82, 2.24) is 5.43 Å². The molecule has 5 nitrogen and oxygen atoms in total. The fourth-order valence-electron chi connectivity index (χ4n) is 2.06. The molecule has 0 aliphatic heterocycles. The maximum Gasteiger partial charge on any atom is 0.333 e. The summed E-state index contributed by atoms with van der Waals surface area (Å²) in [5.74, 6) is 5.13. The number of aliphatic imine (C=N–C) groups is 1. The number of nitrogens with one attached hydrogen (secondary N) is 2. The largest absolute Gasteiger partial charge is 0.333 e. The standard InChI is InChI=1S/C18H24N4O.CH4/c1-4-15-9-7-11-17(21-18(23)22-19)16(15)10-6-5-8-14(2)12-13-20-3;/h6-13H,3-5,19H2,1-2H3,(H2,21,22,23);1H4/b10-6+,13-12-,14-8-;. The van der Waals surface area contributed by atoms with Gasteiger partial charge < -0.3 is 5.32 Å². The van der Waals surface area contributed by atoms with Gasteiger partial charge >= 0.3 is 6.03 Å². The van der Waals surface area contributed by atoms with E-state index in [1.165, 1.54) is 0 Å². The first-order valence-electron chi connectivity index (χ1n) is 7.47. The summed E-state index contributed by atoms with van der Waals surface area (Å²) in [5.41, 5.74) is 6.08. The Hall–Kier alpha value is -2.66. The van der Waals surface area contributed by atoms with Gasteiger partial charge in [-0.1, -0.05) is 50.3 Å². The molecule has 0 fully saturated rings. The summed E-state index contributed by atoms with van der Waals surface area (Å²) < 4.78 is 0. The van der Waals surface area contributed by atoms with Gasteiger partial charge in [0.05, 0.1) is 0 Å². The lowest BCUT2D eigenvalue weighted by molar-refractivity contribution is 0.252. The molecule has 1 aromatic rings. The van der Waals surface area contributed by atoms with Crippen molar-refractivity contribution in [1.29, 1.82) is 0 Å². The number of hydrogen-bond donors (Lipinski definition) is 3. The zero-order chi connectivity index (χ0) is 17.1. The molecule has 24 heavy (non-hydrogen) atoms. The van der Waals surface area contributed by atoms with Crippen LogP contribution in [0, 0.1) is 0 Å². The summed E-state index contributed by atoms with van der Waals surface area (Å²) in [7, 11) is 0. The molecule has 5 heteroatoms. The van der Waals surface area contributed by atoms with Crippen LogP contribution < -0.4 is 16.6 Å². The first-order chi connectivity index (χ1) is 11.1. The molecule has 0 unspecified atom stereocenters. The van der Waals surface area contributed by atoms with Gasteiger partial charge in [0.25, 0.3) is 0 Å². The lowest BCUT2D eigenvalue weighted by Gasteiger charge is -2.11. The second-order valence-electron chi connectivity index (χ2n) is 4.91. The number of carbonyl (C=O) groups is 1. The van der Waals surface area contributed by atoms with E-state index in [-0.39, 0.29) is 7.43 Å². The summed E-state index contributed by atoms with van der Waals surface area (Å²) in [6.45, 7) is 7.49. The Labute approximate surface area is 145 Å². The Kier molecular flexibility index (Phi) is 10.5. The van der Waals surface area contributed by atoms with Gasteiger partial charge in [-0.05, 0) is 44.2 Å². The SMILES string of the molecule is C.C=N/C=C\C(C)=C/C/C=C/c1c(CC)cccc1NC(=O)NN. The maximum atomic E-state index is 11.5. The fourth-order valence-corrected chi connectivity index (χ4v) is 2.06. The van der Waals surface area contributed by atoms with Gasteiger partial charge in [-0.2, -0.15) is 0 Å². The normalized spacial score (nSPS) is 11.4. The minimum Gasteiger partial charge on any atom is -0.306 e. The van der Waals surface area contributed by atoms with Crippen molar-refractivity contribution in [2.75, 3.05) is 5.32 Å². The molecule has 0 aliphatic rings. The molecule has 2 amide bonds. The van der Waals surface area contributed by atoms with Crippen LogP contribution in [0.1, 0.15) is 38.8 Å². The summed E-state index contributed by atoms with van der Waals surface area (Å²) in [5, 5.41) is 2.74. The Morgan fingerprint density at radius 2 is 2.17 bits per heavy atom. The van der Waals surface area contributed by atoms with Gasteiger partial charge in [-0.3, -0.25) is 10.4 Å². The molecule has 0 aromatic heterocycles. The number of hydrogen-bond acceptors (Lipinski definition) is 3. The Balaban J connectivity index is 0.00000529. The minimum absolute atomic E-state index is 0. The molecule has 0 atom stereocenters. The quantitative estimate of drug-likeness (QED) is 0.227. The van der Waals surface area contributed by atoms with Crippen LogP contribution in [-0.2, 0) is 6.42 Å². The number of aryl methyl sites for hydroxylation is 1. The highest BCUT2D eigenvalue weighted by molar-refractivity contribution is 5.91. The number of anilines is 1. The number of rotatable bonds is 7. The van der Waals surface area contributed by atoms with E-state index in [2.05, 4.69) is 41.5 Å². The van der Waals surface area contributed by atoms with Crippen molar-refractivity contribution in [3.63, 3.8) is 0 Å². The molecule has 0 heterocycles. The third-order valence-corrected chi connectivity index (χ3v) is 3.26. The smallest absolute Gasteiger partial charge is 0.306 e. The average Bonchev–Trinajstić information content (AvgIpc) is 2.57. The highest BCUT2D eigenvalue weighted by Crippen LogP contribution is 2.22. The zero-order valence-corrected chi connectivity index (χ0v) is 13.7. The zero-order valence-electron chi connectivity index (χ0n) is 13.7. The molecule has 0 saturated heterocycles. The number of benzene rings is 1. The van der Waals surface area contributed by atoms with E-state index in [0.29, 0.717) is 0 Å². The van der Waals surface area contributed by atoms with Crippen molar-refractivity contribution in [3.8, 4) is 0 Å². The molecule has 0 spiro atoms. The number of nitrogens with two attached hydrogens (primary N) is 1.